The molecule has 0 amide bonds. The highest BCUT2D eigenvalue weighted by atomic mass is 79.9. The van der Waals surface area contributed by atoms with E-state index in [2.05, 4.69) is 27.3 Å². The molecule has 1 N–H and O–H groups in total. The summed E-state index contributed by atoms with van der Waals surface area (Å²) < 4.78 is 15.1. The first-order valence-electron chi connectivity index (χ1n) is 7.06. The first kappa shape index (κ1) is 15.0. The zero-order valence-electron chi connectivity index (χ0n) is 11.5. The number of hydrogen-bond acceptors (Lipinski definition) is 1. The quantitative estimate of drug-likeness (QED) is 0.777. The summed E-state index contributed by atoms with van der Waals surface area (Å²) in [6.45, 7) is 1.76. The van der Waals surface area contributed by atoms with Gasteiger partial charge in [-0.3, -0.25) is 0 Å². The van der Waals surface area contributed by atoms with Crippen molar-refractivity contribution in [2.24, 2.45) is 0 Å². The first-order valence-corrected chi connectivity index (χ1v) is 8.23. The molecule has 2 unspecified atom stereocenters. The second-order valence-corrected chi connectivity index (χ2v) is 6.78. The molecule has 0 radical (unpaired) electrons. The van der Waals surface area contributed by atoms with Crippen LogP contribution in [-0.4, -0.2) is 13.1 Å². The number of hydrogen-bond donors (Lipinski definition) is 1. The third-order valence-electron chi connectivity index (χ3n) is 4.12. The summed E-state index contributed by atoms with van der Waals surface area (Å²) in [4.78, 5) is 0. The molecule has 3 rings (SSSR count). The third-order valence-corrected chi connectivity index (χ3v) is 4.85. The van der Waals surface area contributed by atoms with Crippen LogP contribution in [0.15, 0.2) is 46.9 Å². The summed E-state index contributed by atoms with van der Waals surface area (Å²) in [7, 11) is 0. The van der Waals surface area contributed by atoms with Crippen molar-refractivity contribution in [2.45, 2.75) is 18.3 Å². The highest BCUT2D eigenvalue weighted by Crippen LogP contribution is 2.39. The number of benzene rings is 2. The van der Waals surface area contributed by atoms with Crippen LogP contribution < -0.4 is 5.32 Å². The van der Waals surface area contributed by atoms with E-state index in [-0.39, 0.29) is 17.7 Å². The molecule has 0 bridgehead atoms. The van der Waals surface area contributed by atoms with Gasteiger partial charge in [-0.1, -0.05) is 45.7 Å². The summed E-state index contributed by atoms with van der Waals surface area (Å²) in [5.41, 5.74) is 1.96. The average Bonchev–Trinajstić information content (AvgIpc) is 2.47. The fraction of sp³-hybridized carbons (Fsp3) is 0.294. The van der Waals surface area contributed by atoms with E-state index in [0.29, 0.717) is 0 Å². The van der Waals surface area contributed by atoms with Gasteiger partial charge in [-0.2, -0.15) is 0 Å². The summed E-state index contributed by atoms with van der Waals surface area (Å²) in [5, 5.41) is 4.14. The van der Waals surface area contributed by atoms with Crippen LogP contribution in [0.5, 0.6) is 0 Å². The molecule has 1 saturated heterocycles. The SMILES string of the molecule is Fc1cc(Br)ccc1C1CCNCC1c1cccc(Cl)c1. The van der Waals surface area contributed by atoms with E-state index in [1.807, 2.05) is 30.3 Å². The number of halogens is 3. The molecule has 0 saturated carbocycles. The molecule has 2 aromatic rings. The Labute approximate surface area is 137 Å². The number of rotatable bonds is 2. The molecule has 4 heteroatoms. The highest BCUT2D eigenvalue weighted by Gasteiger charge is 2.29. The number of piperidine rings is 1. The fourth-order valence-corrected chi connectivity index (χ4v) is 3.65. The smallest absolute Gasteiger partial charge is 0.127 e. The monoisotopic (exact) mass is 367 g/mol. The van der Waals surface area contributed by atoms with Crippen LogP contribution in [0.4, 0.5) is 4.39 Å². The van der Waals surface area contributed by atoms with E-state index in [9.17, 15) is 4.39 Å². The zero-order valence-corrected chi connectivity index (χ0v) is 13.8. The van der Waals surface area contributed by atoms with Gasteiger partial charge < -0.3 is 5.32 Å². The summed E-state index contributed by atoms with van der Waals surface area (Å²) in [5.74, 6) is 0.286. The van der Waals surface area contributed by atoms with E-state index in [4.69, 9.17) is 11.6 Å². The highest BCUT2D eigenvalue weighted by molar-refractivity contribution is 9.10. The second-order valence-electron chi connectivity index (χ2n) is 5.43. The molecule has 0 spiro atoms. The topological polar surface area (TPSA) is 12.0 Å². The molecular weight excluding hydrogens is 353 g/mol. The normalized spacial score (nSPS) is 22.2. The minimum atomic E-state index is -0.136. The van der Waals surface area contributed by atoms with Crippen LogP contribution in [0, 0.1) is 5.82 Å². The molecule has 110 valence electrons. The van der Waals surface area contributed by atoms with Gasteiger partial charge in [0.05, 0.1) is 0 Å². The molecule has 1 aliphatic heterocycles. The Morgan fingerprint density at radius 1 is 1.14 bits per heavy atom. The van der Waals surface area contributed by atoms with Crippen molar-refractivity contribution in [1.82, 2.24) is 5.32 Å². The lowest BCUT2D eigenvalue weighted by atomic mass is 9.77. The van der Waals surface area contributed by atoms with E-state index in [1.165, 1.54) is 5.56 Å². The minimum absolute atomic E-state index is 0.136. The molecule has 0 aliphatic carbocycles. The summed E-state index contributed by atoms with van der Waals surface area (Å²) in [6, 6.07) is 13.3. The molecule has 1 fully saturated rings. The van der Waals surface area contributed by atoms with Crippen LogP contribution in [0.25, 0.3) is 0 Å². The third kappa shape index (κ3) is 3.31. The van der Waals surface area contributed by atoms with Crippen molar-refractivity contribution in [3.8, 4) is 0 Å². The lowest BCUT2D eigenvalue weighted by molar-refractivity contribution is 0.393. The van der Waals surface area contributed by atoms with Crippen molar-refractivity contribution in [3.63, 3.8) is 0 Å². The molecule has 1 nitrogen and oxygen atoms in total. The maximum Gasteiger partial charge on any atom is 0.127 e. The Hall–Kier alpha value is -0.900. The zero-order chi connectivity index (χ0) is 14.8. The van der Waals surface area contributed by atoms with Gasteiger partial charge in [-0.15, -0.1) is 0 Å². The van der Waals surface area contributed by atoms with Gasteiger partial charge in [0, 0.05) is 22.0 Å². The largest absolute Gasteiger partial charge is 0.316 e. The lowest BCUT2D eigenvalue weighted by Gasteiger charge is -2.33. The van der Waals surface area contributed by atoms with E-state index >= 15 is 0 Å². The Kier molecular flexibility index (Phi) is 4.63. The van der Waals surface area contributed by atoms with Crippen molar-refractivity contribution in [1.29, 1.82) is 0 Å². The molecule has 2 aromatic carbocycles. The molecule has 2 atom stereocenters. The molecule has 21 heavy (non-hydrogen) atoms. The second kappa shape index (κ2) is 6.47. The molecule has 1 aliphatic rings. The Bertz CT molecular complexity index is 646. The van der Waals surface area contributed by atoms with Gasteiger partial charge in [0.2, 0.25) is 0 Å². The van der Waals surface area contributed by atoms with E-state index in [0.717, 1.165) is 34.6 Å². The van der Waals surface area contributed by atoms with Crippen LogP contribution in [0.3, 0.4) is 0 Å². The van der Waals surface area contributed by atoms with Crippen molar-refractivity contribution in [2.75, 3.05) is 13.1 Å². The maximum absolute atomic E-state index is 14.3. The van der Waals surface area contributed by atoms with Crippen molar-refractivity contribution in [3.05, 3.63) is 68.9 Å². The standard InChI is InChI=1S/C17H16BrClFN/c18-12-4-5-15(17(20)9-12)14-6-7-21-10-16(14)11-2-1-3-13(19)8-11/h1-5,8-9,14,16,21H,6-7,10H2. The average molecular weight is 369 g/mol. The predicted molar refractivity (Wildman–Crippen MR) is 88.5 cm³/mol. The molecule has 1 heterocycles. The predicted octanol–water partition coefficient (Wildman–Crippen LogP) is 5.10. The summed E-state index contributed by atoms with van der Waals surface area (Å²) in [6.07, 6.45) is 0.926. The lowest BCUT2D eigenvalue weighted by Crippen LogP contribution is -2.34. The van der Waals surface area contributed by atoms with Crippen LogP contribution in [0.1, 0.15) is 29.4 Å². The van der Waals surface area contributed by atoms with Gasteiger partial charge >= 0.3 is 0 Å². The van der Waals surface area contributed by atoms with Gasteiger partial charge in [-0.05, 0) is 54.3 Å². The maximum atomic E-state index is 14.3. The van der Waals surface area contributed by atoms with Crippen molar-refractivity contribution >= 4 is 27.5 Å². The Morgan fingerprint density at radius 2 is 2.00 bits per heavy atom. The first-order chi connectivity index (χ1) is 10.1. The summed E-state index contributed by atoms with van der Waals surface area (Å²) >= 11 is 9.43. The van der Waals surface area contributed by atoms with E-state index < -0.39 is 0 Å². The minimum Gasteiger partial charge on any atom is -0.316 e. The molecular formula is C17H16BrClFN. The van der Waals surface area contributed by atoms with Crippen LogP contribution in [0.2, 0.25) is 5.02 Å². The van der Waals surface area contributed by atoms with Gasteiger partial charge in [0.1, 0.15) is 5.82 Å². The molecule has 0 aromatic heterocycles. The van der Waals surface area contributed by atoms with Gasteiger partial charge in [0.15, 0.2) is 0 Å². The Balaban J connectivity index is 1.98. The van der Waals surface area contributed by atoms with Crippen LogP contribution >= 0.6 is 27.5 Å². The fourth-order valence-electron chi connectivity index (χ4n) is 3.12. The van der Waals surface area contributed by atoms with Crippen molar-refractivity contribution < 1.29 is 4.39 Å². The Morgan fingerprint density at radius 3 is 2.76 bits per heavy atom. The number of nitrogens with one attached hydrogen (secondary N) is 1. The van der Waals surface area contributed by atoms with Crippen LogP contribution in [-0.2, 0) is 0 Å². The van der Waals surface area contributed by atoms with E-state index in [1.54, 1.807) is 6.07 Å². The van der Waals surface area contributed by atoms with Gasteiger partial charge in [-0.25, -0.2) is 4.39 Å². The van der Waals surface area contributed by atoms with Gasteiger partial charge in [0.25, 0.3) is 0 Å².